The Morgan fingerprint density at radius 2 is 1.77 bits per heavy atom. The monoisotopic (exact) mass is 356 g/mol. The minimum absolute atomic E-state index is 0.386. The predicted octanol–water partition coefficient (Wildman–Crippen LogP) is 5.47. The number of aliphatic imine (C=N–C) groups is 1. The SMILES string of the molecule is CC(C)(C)OC(=O)/N=C/C1CCC(N(CC2CC2)c2ccccc2)CC1. The number of nitrogens with zero attached hydrogens (tertiary/aromatic N) is 2. The molecule has 0 aromatic heterocycles. The molecule has 2 aliphatic carbocycles. The van der Waals surface area contributed by atoms with Gasteiger partial charge in [0.15, 0.2) is 0 Å². The molecule has 0 saturated heterocycles. The highest BCUT2D eigenvalue weighted by Gasteiger charge is 2.30. The summed E-state index contributed by atoms with van der Waals surface area (Å²) in [7, 11) is 0. The van der Waals surface area contributed by atoms with E-state index in [9.17, 15) is 4.79 Å². The molecule has 2 saturated carbocycles. The van der Waals surface area contributed by atoms with Gasteiger partial charge in [-0.15, -0.1) is 0 Å². The van der Waals surface area contributed by atoms with E-state index < -0.39 is 11.7 Å². The van der Waals surface area contributed by atoms with Gasteiger partial charge in [-0.1, -0.05) is 18.2 Å². The molecule has 4 heteroatoms. The van der Waals surface area contributed by atoms with Gasteiger partial charge in [-0.05, 0) is 83.3 Å². The molecule has 1 aromatic rings. The van der Waals surface area contributed by atoms with Gasteiger partial charge in [0.2, 0.25) is 0 Å². The standard InChI is InChI=1S/C22H32N2O2/c1-22(2,3)26-21(25)23-15-17-11-13-20(14-12-17)24(16-18-9-10-18)19-7-5-4-6-8-19/h4-8,15,17-18,20H,9-14,16H2,1-3H3/b23-15+. The number of ether oxygens (including phenoxy) is 1. The third-order valence-corrected chi connectivity index (χ3v) is 5.21. The second kappa shape index (κ2) is 8.24. The maximum atomic E-state index is 11.8. The molecule has 4 nitrogen and oxygen atoms in total. The molecule has 2 aliphatic rings. The largest absolute Gasteiger partial charge is 0.442 e. The molecule has 0 unspecified atom stereocenters. The normalized spacial score (nSPS) is 23.8. The van der Waals surface area contributed by atoms with Crippen molar-refractivity contribution in [3.8, 4) is 0 Å². The first kappa shape index (κ1) is 18.9. The third kappa shape index (κ3) is 5.86. The zero-order valence-electron chi connectivity index (χ0n) is 16.4. The van der Waals surface area contributed by atoms with E-state index in [1.807, 2.05) is 27.0 Å². The number of carbonyl (C=O) groups is 1. The minimum atomic E-state index is -0.481. The lowest BCUT2D eigenvalue weighted by Gasteiger charge is -2.38. The van der Waals surface area contributed by atoms with Crippen molar-refractivity contribution in [1.82, 2.24) is 0 Å². The Hall–Kier alpha value is -1.84. The lowest BCUT2D eigenvalue weighted by atomic mass is 9.85. The van der Waals surface area contributed by atoms with Gasteiger partial charge >= 0.3 is 6.09 Å². The van der Waals surface area contributed by atoms with Crippen molar-refractivity contribution in [2.45, 2.75) is 70.9 Å². The highest BCUT2D eigenvalue weighted by atomic mass is 16.6. The van der Waals surface area contributed by atoms with Crippen LogP contribution in [-0.2, 0) is 4.74 Å². The van der Waals surface area contributed by atoms with Crippen molar-refractivity contribution in [1.29, 1.82) is 0 Å². The molecule has 1 amide bonds. The van der Waals surface area contributed by atoms with E-state index in [-0.39, 0.29) is 0 Å². The van der Waals surface area contributed by atoms with Gasteiger partial charge in [0.05, 0.1) is 0 Å². The summed E-state index contributed by atoms with van der Waals surface area (Å²) in [5, 5.41) is 0. The van der Waals surface area contributed by atoms with Gasteiger partial charge in [-0.2, -0.15) is 4.99 Å². The lowest BCUT2D eigenvalue weighted by Crippen LogP contribution is -2.39. The summed E-state index contributed by atoms with van der Waals surface area (Å²) in [6.45, 7) is 6.78. The maximum Gasteiger partial charge on any atom is 0.433 e. The van der Waals surface area contributed by atoms with Crippen LogP contribution in [0.25, 0.3) is 0 Å². The van der Waals surface area contributed by atoms with Crippen LogP contribution in [0.3, 0.4) is 0 Å². The van der Waals surface area contributed by atoms with Crippen molar-refractivity contribution in [2.24, 2.45) is 16.8 Å². The van der Waals surface area contributed by atoms with Crippen LogP contribution in [0.4, 0.5) is 10.5 Å². The Morgan fingerprint density at radius 1 is 1.12 bits per heavy atom. The highest BCUT2D eigenvalue weighted by molar-refractivity contribution is 5.80. The number of hydrogen-bond acceptors (Lipinski definition) is 3. The molecule has 26 heavy (non-hydrogen) atoms. The first-order valence-corrected chi connectivity index (χ1v) is 9.99. The number of amides is 1. The molecule has 0 heterocycles. The van der Waals surface area contributed by atoms with Gasteiger partial charge in [-0.25, -0.2) is 4.79 Å². The molecule has 0 spiro atoms. The second-order valence-electron chi connectivity index (χ2n) is 8.76. The first-order chi connectivity index (χ1) is 12.4. The fraction of sp³-hybridized carbons (Fsp3) is 0.636. The molecule has 1 aromatic carbocycles. The van der Waals surface area contributed by atoms with Gasteiger partial charge < -0.3 is 9.64 Å². The summed E-state index contributed by atoms with van der Waals surface area (Å²) in [4.78, 5) is 18.4. The highest BCUT2D eigenvalue weighted by Crippen LogP contribution is 2.36. The number of rotatable bonds is 5. The topological polar surface area (TPSA) is 41.9 Å². The van der Waals surface area contributed by atoms with Crippen molar-refractivity contribution in [3.63, 3.8) is 0 Å². The van der Waals surface area contributed by atoms with Crippen LogP contribution in [0.1, 0.15) is 59.3 Å². The summed E-state index contributed by atoms with van der Waals surface area (Å²) < 4.78 is 5.25. The zero-order chi connectivity index (χ0) is 18.6. The lowest BCUT2D eigenvalue weighted by molar-refractivity contribution is 0.0604. The Kier molecular flexibility index (Phi) is 6.00. The van der Waals surface area contributed by atoms with E-state index in [0.29, 0.717) is 12.0 Å². The number of para-hydroxylation sites is 1. The predicted molar refractivity (Wildman–Crippen MR) is 107 cm³/mol. The third-order valence-electron chi connectivity index (χ3n) is 5.21. The van der Waals surface area contributed by atoms with E-state index in [0.717, 1.165) is 31.6 Å². The molecular formula is C22H32N2O2. The summed E-state index contributed by atoms with van der Waals surface area (Å²) in [5.41, 5.74) is 0.871. The Bertz CT molecular complexity index is 609. The molecule has 3 rings (SSSR count). The molecular weight excluding hydrogens is 324 g/mol. The molecule has 0 bridgehead atoms. The quantitative estimate of drug-likeness (QED) is 0.657. The average molecular weight is 357 g/mol. The van der Waals surface area contributed by atoms with Crippen LogP contribution in [0.15, 0.2) is 35.3 Å². The Morgan fingerprint density at radius 3 is 2.35 bits per heavy atom. The number of benzene rings is 1. The summed E-state index contributed by atoms with van der Waals surface area (Å²) in [6, 6.07) is 11.4. The smallest absolute Gasteiger partial charge is 0.433 e. The first-order valence-electron chi connectivity index (χ1n) is 9.99. The van der Waals surface area contributed by atoms with Crippen LogP contribution in [0, 0.1) is 11.8 Å². The number of anilines is 1. The molecule has 0 radical (unpaired) electrons. The number of hydrogen-bond donors (Lipinski definition) is 0. The van der Waals surface area contributed by atoms with Crippen LogP contribution in [0.2, 0.25) is 0 Å². The molecule has 2 fully saturated rings. The van der Waals surface area contributed by atoms with E-state index in [4.69, 9.17) is 4.74 Å². The fourth-order valence-electron chi connectivity index (χ4n) is 3.68. The minimum Gasteiger partial charge on any atom is -0.442 e. The summed E-state index contributed by atoms with van der Waals surface area (Å²) >= 11 is 0. The molecule has 0 atom stereocenters. The van der Waals surface area contributed by atoms with Crippen molar-refractivity contribution < 1.29 is 9.53 Å². The van der Waals surface area contributed by atoms with E-state index in [1.165, 1.54) is 25.1 Å². The molecule has 142 valence electrons. The average Bonchev–Trinajstić information content (AvgIpc) is 3.42. The summed E-state index contributed by atoms with van der Waals surface area (Å²) in [5.74, 6) is 1.26. The van der Waals surface area contributed by atoms with Gasteiger partial charge in [0.1, 0.15) is 5.60 Å². The van der Waals surface area contributed by atoms with E-state index in [2.05, 4.69) is 40.2 Å². The molecule has 0 N–H and O–H groups in total. The van der Waals surface area contributed by atoms with Crippen LogP contribution in [-0.4, -0.2) is 30.5 Å². The Balaban J connectivity index is 1.53. The van der Waals surface area contributed by atoms with E-state index in [1.54, 1.807) is 0 Å². The van der Waals surface area contributed by atoms with Crippen molar-refractivity contribution in [2.75, 3.05) is 11.4 Å². The van der Waals surface area contributed by atoms with Crippen molar-refractivity contribution >= 4 is 18.0 Å². The van der Waals surface area contributed by atoms with Crippen LogP contribution >= 0.6 is 0 Å². The zero-order valence-corrected chi connectivity index (χ0v) is 16.4. The van der Waals surface area contributed by atoms with Crippen LogP contribution in [0.5, 0.6) is 0 Å². The van der Waals surface area contributed by atoms with Gasteiger partial charge in [-0.3, -0.25) is 0 Å². The second-order valence-corrected chi connectivity index (χ2v) is 8.76. The molecule has 0 aliphatic heterocycles. The summed E-state index contributed by atoms with van der Waals surface area (Å²) in [6.07, 6.45) is 8.59. The fourth-order valence-corrected chi connectivity index (χ4v) is 3.68. The Labute approximate surface area is 157 Å². The van der Waals surface area contributed by atoms with E-state index >= 15 is 0 Å². The van der Waals surface area contributed by atoms with Crippen molar-refractivity contribution in [3.05, 3.63) is 30.3 Å². The van der Waals surface area contributed by atoms with Gasteiger partial charge in [0.25, 0.3) is 0 Å². The van der Waals surface area contributed by atoms with Crippen LogP contribution < -0.4 is 4.90 Å². The van der Waals surface area contributed by atoms with Gasteiger partial charge in [0, 0.05) is 24.5 Å². The number of carbonyl (C=O) groups excluding carboxylic acids is 1. The maximum absolute atomic E-state index is 11.8.